The molecule has 1 heterocycles. The second-order valence-electron chi connectivity index (χ2n) is 6.62. The SMILES string of the molecule is COC(=O)C[C@H](C)C(=O)N[C@H](C(=O)N1CCC[C@H]1C(=O)OC)C(C)C. The van der Waals surface area contributed by atoms with Crippen LogP contribution in [-0.4, -0.2) is 61.5 Å². The highest BCUT2D eigenvalue weighted by Gasteiger charge is 2.39. The van der Waals surface area contributed by atoms with Gasteiger partial charge in [0.2, 0.25) is 11.8 Å². The van der Waals surface area contributed by atoms with Gasteiger partial charge in [-0.3, -0.25) is 14.4 Å². The van der Waals surface area contributed by atoms with E-state index in [1.165, 1.54) is 19.1 Å². The van der Waals surface area contributed by atoms with E-state index < -0.39 is 35.8 Å². The molecule has 0 aromatic carbocycles. The van der Waals surface area contributed by atoms with Crippen molar-refractivity contribution in [3.05, 3.63) is 0 Å². The second kappa shape index (κ2) is 9.39. The Kier molecular flexibility index (Phi) is 7.86. The smallest absolute Gasteiger partial charge is 0.328 e. The monoisotopic (exact) mass is 356 g/mol. The zero-order chi connectivity index (χ0) is 19.1. The summed E-state index contributed by atoms with van der Waals surface area (Å²) in [5.74, 6) is -2.41. The molecule has 25 heavy (non-hydrogen) atoms. The van der Waals surface area contributed by atoms with Crippen molar-refractivity contribution in [3.63, 3.8) is 0 Å². The van der Waals surface area contributed by atoms with Crippen LogP contribution in [0.5, 0.6) is 0 Å². The summed E-state index contributed by atoms with van der Waals surface area (Å²) in [6, 6.07) is -1.37. The van der Waals surface area contributed by atoms with Crippen LogP contribution in [0.3, 0.4) is 0 Å². The van der Waals surface area contributed by atoms with Crippen LogP contribution in [0.1, 0.15) is 40.0 Å². The fourth-order valence-electron chi connectivity index (χ4n) is 2.83. The Morgan fingerprint density at radius 2 is 1.76 bits per heavy atom. The van der Waals surface area contributed by atoms with E-state index >= 15 is 0 Å². The first kappa shape index (κ1) is 20.9. The van der Waals surface area contributed by atoms with E-state index in [9.17, 15) is 19.2 Å². The molecule has 8 heteroatoms. The van der Waals surface area contributed by atoms with E-state index in [0.717, 1.165) is 0 Å². The number of nitrogens with zero attached hydrogens (tertiary/aromatic N) is 1. The van der Waals surface area contributed by atoms with Crippen LogP contribution in [0, 0.1) is 11.8 Å². The van der Waals surface area contributed by atoms with Crippen LogP contribution in [0.25, 0.3) is 0 Å². The first-order valence-electron chi connectivity index (χ1n) is 8.48. The van der Waals surface area contributed by atoms with Gasteiger partial charge in [0.15, 0.2) is 0 Å². The summed E-state index contributed by atoms with van der Waals surface area (Å²) in [6.07, 6.45) is 1.20. The zero-order valence-electron chi connectivity index (χ0n) is 15.5. The second-order valence-corrected chi connectivity index (χ2v) is 6.62. The number of esters is 2. The lowest BCUT2D eigenvalue weighted by Crippen LogP contribution is -2.54. The highest BCUT2D eigenvalue weighted by molar-refractivity contribution is 5.92. The fraction of sp³-hybridized carbons (Fsp3) is 0.765. The minimum atomic E-state index is -0.766. The van der Waals surface area contributed by atoms with Crippen molar-refractivity contribution in [3.8, 4) is 0 Å². The zero-order valence-corrected chi connectivity index (χ0v) is 15.5. The van der Waals surface area contributed by atoms with Crippen LogP contribution in [0.15, 0.2) is 0 Å². The molecular formula is C17H28N2O6. The van der Waals surface area contributed by atoms with Crippen molar-refractivity contribution in [1.29, 1.82) is 0 Å². The first-order valence-corrected chi connectivity index (χ1v) is 8.48. The summed E-state index contributed by atoms with van der Waals surface area (Å²) in [4.78, 5) is 49.8. The van der Waals surface area contributed by atoms with Gasteiger partial charge in [0.1, 0.15) is 12.1 Å². The molecule has 0 aliphatic carbocycles. The van der Waals surface area contributed by atoms with E-state index in [1.807, 2.05) is 13.8 Å². The predicted octanol–water partition coefficient (Wildman–Crippen LogP) is 0.490. The van der Waals surface area contributed by atoms with Gasteiger partial charge in [-0.25, -0.2) is 4.79 Å². The highest BCUT2D eigenvalue weighted by Crippen LogP contribution is 2.21. The Morgan fingerprint density at radius 1 is 1.12 bits per heavy atom. The summed E-state index contributed by atoms with van der Waals surface area (Å²) in [6.45, 7) is 5.69. The molecule has 0 aromatic heterocycles. The average molecular weight is 356 g/mol. The van der Waals surface area contributed by atoms with E-state index in [0.29, 0.717) is 19.4 Å². The lowest BCUT2D eigenvalue weighted by molar-refractivity contribution is -0.152. The summed E-state index contributed by atoms with van der Waals surface area (Å²) in [5.41, 5.74) is 0. The maximum atomic E-state index is 12.9. The molecule has 0 saturated carbocycles. The van der Waals surface area contributed by atoms with Crippen LogP contribution in [0.4, 0.5) is 0 Å². The quantitative estimate of drug-likeness (QED) is 0.666. The van der Waals surface area contributed by atoms with Crippen LogP contribution < -0.4 is 5.32 Å². The van der Waals surface area contributed by atoms with Gasteiger partial charge in [-0.2, -0.15) is 0 Å². The first-order chi connectivity index (χ1) is 11.7. The summed E-state index contributed by atoms with van der Waals surface area (Å²) in [5, 5.41) is 2.71. The van der Waals surface area contributed by atoms with Crippen molar-refractivity contribution < 1.29 is 28.7 Å². The Hall–Kier alpha value is -2.12. The van der Waals surface area contributed by atoms with Crippen molar-refractivity contribution in [2.24, 2.45) is 11.8 Å². The number of methoxy groups -OCH3 is 2. The highest BCUT2D eigenvalue weighted by atomic mass is 16.5. The van der Waals surface area contributed by atoms with Crippen molar-refractivity contribution in [2.75, 3.05) is 20.8 Å². The van der Waals surface area contributed by atoms with Crippen molar-refractivity contribution >= 4 is 23.8 Å². The molecule has 0 radical (unpaired) electrons. The third-order valence-corrected chi connectivity index (χ3v) is 4.39. The maximum Gasteiger partial charge on any atom is 0.328 e. The largest absolute Gasteiger partial charge is 0.469 e. The lowest BCUT2D eigenvalue weighted by Gasteiger charge is -2.30. The van der Waals surface area contributed by atoms with Crippen molar-refractivity contribution in [2.45, 2.75) is 52.1 Å². The van der Waals surface area contributed by atoms with Crippen LogP contribution in [-0.2, 0) is 28.7 Å². The van der Waals surface area contributed by atoms with Gasteiger partial charge >= 0.3 is 11.9 Å². The molecule has 1 aliphatic heterocycles. The molecule has 2 amide bonds. The summed E-state index contributed by atoms with van der Waals surface area (Å²) >= 11 is 0. The fourth-order valence-corrected chi connectivity index (χ4v) is 2.83. The van der Waals surface area contributed by atoms with E-state index in [-0.39, 0.29) is 18.2 Å². The number of ether oxygens (including phenoxy) is 2. The number of carbonyl (C=O) groups is 4. The molecular weight excluding hydrogens is 328 g/mol. The molecule has 0 bridgehead atoms. The van der Waals surface area contributed by atoms with Gasteiger partial charge in [0.05, 0.1) is 20.6 Å². The molecule has 1 aliphatic rings. The molecule has 0 unspecified atom stereocenters. The molecule has 142 valence electrons. The van der Waals surface area contributed by atoms with E-state index in [1.54, 1.807) is 6.92 Å². The third kappa shape index (κ3) is 5.44. The topological polar surface area (TPSA) is 102 Å². The number of nitrogens with one attached hydrogen (secondary N) is 1. The number of hydrogen-bond donors (Lipinski definition) is 1. The Labute approximate surface area is 148 Å². The van der Waals surface area contributed by atoms with Gasteiger partial charge in [0.25, 0.3) is 0 Å². The summed E-state index contributed by atoms with van der Waals surface area (Å²) in [7, 11) is 2.55. The van der Waals surface area contributed by atoms with Gasteiger partial charge in [-0.1, -0.05) is 20.8 Å². The standard InChI is InChI=1S/C17H28N2O6/c1-10(2)14(18-15(21)11(3)9-13(20)24-4)16(22)19-8-6-7-12(19)17(23)25-5/h10-12,14H,6-9H2,1-5H3,(H,18,21)/t11-,12-,14-/m0/s1. The molecule has 0 spiro atoms. The van der Waals surface area contributed by atoms with E-state index in [4.69, 9.17) is 4.74 Å². The minimum absolute atomic E-state index is 0.0597. The molecule has 1 fully saturated rings. The normalized spacial score (nSPS) is 19.3. The van der Waals surface area contributed by atoms with Gasteiger partial charge in [0, 0.05) is 12.5 Å². The van der Waals surface area contributed by atoms with Gasteiger partial charge in [-0.15, -0.1) is 0 Å². The molecule has 8 nitrogen and oxygen atoms in total. The summed E-state index contributed by atoms with van der Waals surface area (Å²) < 4.78 is 9.32. The van der Waals surface area contributed by atoms with E-state index in [2.05, 4.69) is 10.1 Å². The predicted molar refractivity (Wildman–Crippen MR) is 89.3 cm³/mol. The Balaban J connectivity index is 2.82. The van der Waals surface area contributed by atoms with Gasteiger partial charge in [-0.05, 0) is 18.8 Å². The van der Waals surface area contributed by atoms with Gasteiger partial charge < -0.3 is 19.7 Å². The van der Waals surface area contributed by atoms with Crippen LogP contribution in [0.2, 0.25) is 0 Å². The van der Waals surface area contributed by atoms with Crippen LogP contribution >= 0.6 is 0 Å². The molecule has 1 N–H and O–H groups in total. The number of hydrogen-bond acceptors (Lipinski definition) is 6. The third-order valence-electron chi connectivity index (χ3n) is 4.39. The maximum absolute atomic E-state index is 12.9. The minimum Gasteiger partial charge on any atom is -0.469 e. The number of likely N-dealkylation sites (tertiary alicyclic amines) is 1. The number of carbonyl (C=O) groups excluding carboxylic acids is 4. The molecule has 3 atom stereocenters. The number of amides is 2. The van der Waals surface area contributed by atoms with Crippen molar-refractivity contribution in [1.82, 2.24) is 10.2 Å². The molecule has 0 aromatic rings. The Bertz CT molecular complexity index is 519. The average Bonchev–Trinajstić information content (AvgIpc) is 3.07. The lowest BCUT2D eigenvalue weighted by atomic mass is 10.00. The Morgan fingerprint density at radius 3 is 2.28 bits per heavy atom. The molecule has 1 rings (SSSR count). The molecule has 1 saturated heterocycles. The number of rotatable bonds is 7.